The average Bonchev–Trinajstić information content (AvgIpc) is 2.36. The van der Waals surface area contributed by atoms with Crippen molar-refractivity contribution >= 4 is 5.97 Å². The molecular weight excluding hydrogens is 282 g/mol. The number of rotatable bonds is 5. The molecule has 0 saturated heterocycles. The molecular formula is C12H13F4NO3. The van der Waals surface area contributed by atoms with Crippen molar-refractivity contribution in [1.82, 2.24) is 0 Å². The van der Waals surface area contributed by atoms with E-state index in [-0.39, 0.29) is 12.2 Å². The quantitative estimate of drug-likeness (QED) is 0.669. The molecule has 0 aliphatic carbocycles. The van der Waals surface area contributed by atoms with Crippen LogP contribution in [0, 0.1) is 0 Å². The summed E-state index contributed by atoms with van der Waals surface area (Å²) in [5.41, 5.74) is 5.66. The zero-order chi connectivity index (χ0) is 15.3. The van der Waals surface area contributed by atoms with E-state index in [4.69, 9.17) is 5.73 Å². The number of carbonyl (C=O) groups is 1. The minimum atomic E-state index is -4.81. The fourth-order valence-electron chi connectivity index (χ4n) is 1.43. The van der Waals surface area contributed by atoms with E-state index in [1.807, 2.05) is 0 Å². The second-order valence-electron chi connectivity index (χ2n) is 3.80. The van der Waals surface area contributed by atoms with Crippen LogP contribution in [0.4, 0.5) is 17.6 Å². The zero-order valence-corrected chi connectivity index (χ0v) is 10.5. The van der Waals surface area contributed by atoms with E-state index >= 15 is 0 Å². The molecule has 1 aromatic rings. The molecule has 0 bridgehead atoms. The van der Waals surface area contributed by atoms with E-state index in [9.17, 15) is 22.4 Å². The van der Waals surface area contributed by atoms with E-state index in [1.165, 1.54) is 6.92 Å². The summed E-state index contributed by atoms with van der Waals surface area (Å²) in [5, 5.41) is 0. The zero-order valence-electron chi connectivity index (χ0n) is 10.5. The Kier molecular flexibility index (Phi) is 5.32. The Morgan fingerprint density at radius 2 is 1.85 bits per heavy atom. The van der Waals surface area contributed by atoms with Gasteiger partial charge in [-0.1, -0.05) is 12.1 Å². The maximum absolute atomic E-state index is 13.6. The highest BCUT2D eigenvalue weighted by molar-refractivity contribution is 5.75. The van der Waals surface area contributed by atoms with Crippen molar-refractivity contribution in [3.05, 3.63) is 29.8 Å². The van der Waals surface area contributed by atoms with E-state index in [0.29, 0.717) is 0 Å². The van der Waals surface area contributed by atoms with Gasteiger partial charge in [0, 0.05) is 0 Å². The molecule has 1 unspecified atom stereocenters. The SMILES string of the molecule is CCOC(=O)C(F)[C@H](N)c1ccc(OC(F)(F)F)cc1. The van der Waals surface area contributed by atoms with E-state index in [2.05, 4.69) is 9.47 Å². The standard InChI is InChI=1S/C12H13F4NO3/c1-2-19-11(18)9(13)10(17)7-3-5-8(6-4-7)20-12(14,15)16/h3-6,9-10H,2,17H2,1H3/t9?,10-/m1/s1. The molecule has 0 aliphatic heterocycles. The predicted octanol–water partition coefficient (Wildman–Crippen LogP) is 2.49. The van der Waals surface area contributed by atoms with Gasteiger partial charge in [-0.25, -0.2) is 9.18 Å². The van der Waals surface area contributed by atoms with E-state index < -0.39 is 30.3 Å². The number of ether oxygens (including phenoxy) is 2. The van der Waals surface area contributed by atoms with Crippen LogP contribution in [-0.4, -0.2) is 25.1 Å². The van der Waals surface area contributed by atoms with Gasteiger partial charge in [-0.15, -0.1) is 13.2 Å². The molecule has 0 fully saturated rings. The molecule has 0 heterocycles. The van der Waals surface area contributed by atoms with Gasteiger partial charge in [0.1, 0.15) is 5.75 Å². The summed E-state index contributed by atoms with van der Waals surface area (Å²) >= 11 is 0. The fourth-order valence-corrected chi connectivity index (χ4v) is 1.43. The first-order chi connectivity index (χ1) is 9.24. The molecule has 112 valence electrons. The maximum Gasteiger partial charge on any atom is 0.573 e. The van der Waals surface area contributed by atoms with Crippen LogP contribution in [0.3, 0.4) is 0 Å². The lowest BCUT2D eigenvalue weighted by Gasteiger charge is -2.16. The lowest BCUT2D eigenvalue weighted by atomic mass is 10.0. The number of alkyl halides is 4. The Labute approximate surface area is 112 Å². The van der Waals surface area contributed by atoms with Crippen LogP contribution in [0.5, 0.6) is 5.75 Å². The Hall–Kier alpha value is -1.83. The largest absolute Gasteiger partial charge is 0.573 e. The molecule has 0 saturated carbocycles. The van der Waals surface area contributed by atoms with Crippen molar-refractivity contribution in [1.29, 1.82) is 0 Å². The van der Waals surface area contributed by atoms with Gasteiger partial charge in [0.2, 0.25) is 6.17 Å². The first-order valence-corrected chi connectivity index (χ1v) is 5.66. The second-order valence-corrected chi connectivity index (χ2v) is 3.80. The Morgan fingerprint density at radius 3 is 2.30 bits per heavy atom. The van der Waals surface area contributed by atoms with Crippen LogP contribution in [0.1, 0.15) is 18.5 Å². The molecule has 2 atom stereocenters. The molecule has 0 aliphatic rings. The van der Waals surface area contributed by atoms with Gasteiger partial charge in [0.05, 0.1) is 12.6 Å². The summed E-state index contributed by atoms with van der Waals surface area (Å²) in [6, 6.07) is 2.95. The Morgan fingerprint density at radius 1 is 1.30 bits per heavy atom. The van der Waals surface area contributed by atoms with Crippen molar-refractivity contribution in [3.63, 3.8) is 0 Å². The highest BCUT2D eigenvalue weighted by Crippen LogP contribution is 2.25. The first-order valence-electron chi connectivity index (χ1n) is 5.66. The molecule has 2 N–H and O–H groups in total. The second kappa shape index (κ2) is 6.56. The number of hydrogen-bond acceptors (Lipinski definition) is 4. The minimum absolute atomic E-state index is 0.00430. The Balaban J connectivity index is 2.75. The molecule has 8 heteroatoms. The van der Waals surface area contributed by atoms with Gasteiger partial charge in [-0.3, -0.25) is 0 Å². The molecule has 0 spiro atoms. The van der Waals surface area contributed by atoms with E-state index in [0.717, 1.165) is 24.3 Å². The van der Waals surface area contributed by atoms with Gasteiger partial charge >= 0.3 is 12.3 Å². The van der Waals surface area contributed by atoms with Gasteiger partial charge in [-0.05, 0) is 24.6 Å². The first kappa shape index (κ1) is 16.2. The van der Waals surface area contributed by atoms with Crippen molar-refractivity contribution in [2.45, 2.75) is 25.5 Å². The monoisotopic (exact) mass is 295 g/mol. The summed E-state index contributed by atoms with van der Waals surface area (Å²) < 4.78 is 57.6. The third kappa shape index (κ3) is 4.69. The van der Waals surface area contributed by atoms with Gasteiger partial charge in [-0.2, -0.15) is 0 Å². The number of nitrogens with two attached hydrogens (primary N) is 1. The van der Waals surface area contributed by atoms with Crippen LogP contribution in [0.15, 0.2) is 24.3 Å². The van der Waals surface area contributed by atoms with E-state index in [1.54, 1.807) is 0 Å². The number of esters is 1. The summed E-state index contributed by atoms with van der Waals surface area (Å²) in [7, 11) is 0. The van der Waals surface area contributed by atoms with Gasteiger partial charge < -0.3 is 15.2 Å². The normalized spacial score (nSPS) is 14.5. The fraction of sp³-hybridized carbons (Fsp3) is 0.417. The molecule has 0 radical (unpaired) electrons. The summed E-state index contributed by atoms with van der Waals surface area (Å²) in [4.78, 5) is 11.2. The lowest BCUT2D eigenvalue weighted by molar-refractivity contribution is -0.274. The molecule has 20 heavy (non-hydrogen) atoms. The van der Waals surface area contributed by atoms with Gasteiger partial charge in [0.15, 0.2) is 0 Å². The smallest absolute Gasteiger partial charge is 0.464 e. The predicted molar refractivity (Wildman–Crippen MR) is 61.6 cm³/mol. The van der Waals surface area contributed by atoms with Gasteiger partial charge in [0.25, 0.3) is 0 Å². The third-order valence-corrected chi connectivity index (χ3v) is 2.33. The molecule has 0 amide bonds. The summed E-state index contributed by atoms with van der Waals surface area (Å²) in [6.07, 6.45) is -6.90. The van der Waals surface area contributed by atoms with Crippen molar-refractivity contribution in [2.24, 2.45) is 5.73 Å². The Bertz CT molecular complexity index is 447. The number of halogens is 4. The van der Waals surface area contributed by atoms with Crippen molar-refractivity contribution in [3.8, 4) is 5.75 Å². The number of benzene rings is 1. The third-order valence-electron chi connectivity index (χ3n) is 2.33. The van der Waals surface area contributed by atoms with Crippen LogP contribution in [0.2, 0.25) is 0 Å². The average molecular weight is 295 g/mol. The highest BCUT2D eigenvalue weighted by atomic mass is 19.4. The minimum Gasteiger partial charge on any atom is -0.464 e. The number of carbonyl (C=O) groups excluding carboxylic acids is 1. The molecule has 1 rings (SSSR count). The maximum atomic E-state index is 13.6. The highest BCUT2D eigenvalue weighted by Gasteiger charge is 2.31. The van der Waals surface area contributed by atoms with Crippen molar-refractivity contribution < 1.29 is 31.8 Å². The molecule has 4 nitrogen and oxygen atoms in total. The molecule has 0 aromatic heterocycles. The number of hydrogen-bond donors (Lipinski definition) is 1. The van der Waals surface area contributed by atoms with Crippen molar-refractivity contribution in [2.75, 3.05) is 6.61 Å². The topological polar surface area (TPSA) is 61.5 Å². The van der Waals surface area contributed by atoms with Crippen LogP contribution >= 0.6 is 0 Å². The lowest BCUT2D eigenvalue weighted by Crippen LogP contribution is -2.31. The van der Waals surface area contributed by atoms with Crippen LogP contribution in [0.25, 0.3) is 0 Å². The summed E-state index contributed by atoms with van der Waals surface area (Å²) in [6.45, 7) is 1.52. The van der Waals surface area contributed by atoms with Crippen LogP contribution in [-0.2, 0) is 9.53 Å². The van der Waals surface area contributed by atoms with Crippen LogP contribution < -0.4 is 10.5 Å². The summed E-state index contributed by atoms with van der Waals surface area (Å²) in [5.74, 6) is -1.57. The molecule has 1 aromatic carbocycles.